The Labute approximate surface area is 87.0 Å². The summed E-state index contributed by atoms with van der Waals surface area (Å²) in [6, 6.07) is 0.790. The number of rotatable bonds is 2. The van der Waals surface area contributed by atoms with Crippen LogP contribution in [0.2, 0.25) is 0 Å². The van der Waals surface area contributed by atoms with Gasteiger partial charge in [-0.05, 0) is 20.4 Å². The fraction of sp³-hybridized carbons (Fsp3) is 1.00. The van der Waals surface area contributed by atoms with Gasteiger partial charge in [-0.25, -0.2) is 0 Å². The summed E-state index contributed by atoms with van der Waals surface area (Å²) in [6.45, 7) is 13.4. The van der Waals surface area contributed by atoms with Crippen molar-refractivity contribution in [1.29, 1.82) is 0 Å². The number of ether oxygens (including phenoxy) is 1. The third-order valence-electron chi connectivity index (χ3n) is 3.36. The number of hydrogen-bond acceptors (Lipinski definition) is 3. The fourth-order valence-corrected chi connectivity index (χ4v) is 2.40. The molecule has 0 bridgehead atoms. The van der Waals surface area contributed by atoms with Crippen molar-refractivity contribution in [2.45, 2.75) is 32.4 Å². The van der Waals surface area contributed by atoms with E-state index in [1.807, 2.05) is 0 Å². The summed E-state index contributed by atoms with van der Waals surface area (Å²) in [5.41, 5.74) is 0.0604. The van der Waals surface area contributed by atoms with E-state index in [1.165, 1.54) is 19.6 Å². The van der Waals surface area contributed by atoms with Gasteiger partial charge in [-0.1, -0.05) is 6.92 Å². The molecule has 14 heavy (non-hydrogen) atoms. The van der Waals surface area contributed by atoms with Crippen molar-refractivity contribution in [2.75, 3.05) is 39.3 Å². The average Bonchev–Trinajstić information content (AvgIpc) is 2.00. The van der Waals surface area contributed by atoms with Crippen LogP contribution in [0.25, 0.3) is 0 Å². The van der Waals surface area contributed by atoms with E-state index in [-0.39, 0.29) is 5.60 Å². The van der Waals surface area contributed by atoms with Gasteiger partial charge in [0.2, 0.25) is 0 Å². The number of hydrogen-bond donors (Lipinski definition) is 0. The van der Waals surface area contributed by atoms with E-state index in [2.05, 4.69) is 30.6 Å². The van der Waals surface area contributed by atoms with Gasteiger partial charge >= 0.3 is 0 Å². The standard InChI is InChI=1S/C11H22N2O/c1-4-12-7-10(8-12)13-5-6-14-11(2,3)9-13/h10H,4-9H2,1-3H3. The van der Waals surface area contributed by atoms with Gasteiger partial charge < -0.3 is 9.64 Å². The Morgan fingerprint density at radius 2 is 2.07 bits per heavy atom. The monoisotopic (exact) mass is 198 g/mol. The molecule has 0 aromatic heterocycles. The Kier molecular flexibility index (Phi) is 2.82. The van der Waals surface area contributed by atoms with Crippen molar-refractivity contribution >= 4 is 0 Å². The number of likely N-dealkylation sites (tertiary alicyclic amines) is 1. The molecule has 0 aromatic rings. The largest absolute Gasteiger partial charge is 0.373 e. The van der Waals surface area contributed by atoms with Crippen molar-refractivity contribution in [3.63, 3.8) is 0 Å². The lowest BCUT2D eigenvalue weighted by Gasteiger charge is -2.49. The maximum Gasteiger partial charge on any atom is 0.0753 e. The van der Waals surface area contributed by atoms with E-state index in [4.69, 9.17) is 4.74 Å². The number of morpholine rings is 1. The van der Waals surface area contributed by atoms with Crippen molar-refractivity contribution < 1.29 is 4.74 Å². The first-order valence-corrected chi connectivity index (χ1v) is 5.71. The van der Waals surface area contributed by atoms with E-state index >= 15 is 0 Å². The summed E-state index contributed by atoms with van der Waals surface area (Å²) in [7, 11) is 0. The highest BCUT2D eigenvalue weighted by Crippen LogP contribution is 2.22. The van der Waals surface area contributed by atoms with Crippen molar-refractivity contribution in [2.24, 2.45) is 0 Å². The molecule has 2 aliphatic heterocycles. The normalized spacial score (nSPS) is 30.2. The first-order chi connectivity index (χ1) is 6.61. The van der Waals surface area contributed by atoms with E-state index in [0.29, 0.717) is 0 Å². The Hall–Kier alpha value is -0.120. The highest BCUT2D eigenvalue weighted by Gasteiger charge is 2.36. The molecule has 2 aliphatic rings. The minimum atomic E-state index is 0.0604. The third-order valence-corrected chi connectivity index (χ3v) is 3.36. The van der Waals surface area contributed by atoms with Gasteiger partial charge in [0.25, 0.3) is 0 Å². The van der Waals surface area contributed by atoms with Crippen LogP contribution < -0.4 is 0 Å². The molecular weight excluding hydrogens is 176 g/mol. The topological polar surface area (TPSA) is 15.7 Å². The van der Waals surface area contributed by atoms with Crippen LogP contribution in [0.5, 0.6) is 0 Å². The average molecular weight is 198 g/mol. The lowest BCUT2D eigenvalue weighted by atomic mass is 10.0. The van der Waals surface area contributed by atoms with Crippen molar-refractivity contribution in [3.05, 3.63) is 0 Å². The molecule has 82 valence electrons. The zero-order valence-electron chi connectivity index (χ0n) is 9.62. The summed E-state index contributed by atoms with van der Waals surface area (Å²) in [5, 5.41) is 0. The summed E-state index contributed by atoms with van der Waals surface area (Å²) in [6.07, 6.45) is 0. The molecule has 2 fully saturated rings. The maximum atomic E-state index is 5.71. The molecule has 3 nitrogen and oxygen atoms in total. The lowest BCUT2D eigenvalue weighted by Crippen LogP contribution is -2.63. The van der Waals surface area contributed by atoms with Crippen LogP contribution in [0.1, 0.15) is 20.8 Å². The molecule has 0 saturated carbocycles. The van der Waals surface area contributed by atoms with Gasteiger partial charge in [0.15, 0.2) is 0 Å². The van der Waals surface area contributed by atoms with Crippen LogP contribution >= 0.6 is 0 Å². The third kappa shape index (κ3) is 2.10. The zero-order valence-corrected chi connectivity index (χ0v) is 9.62. The summed E-state index contributed by atoms with van der Waals surface area (Å²) in [5.74, 6) is 0. The molecule has 2 heterocycles. The van der Waals surface area contributed by atoms with E-state index < -0.39 is 0 Å². The zero-order chi connectivity index (χ0) is 10.2. The molecule has 3 heteroatoms. The molecular formula is C11H22N2O. The van der Waals surface area contributed by atoms with Crippen LogP contribution in [-0.2, 0) is 4.74 Å². The van der Waals surface area contributed by atoms with Gasteiger partial charge in [0.05, 0.1) is 12.2 Å². The van der Waals surface area contributed by atoms with E-state index in [9.17, 15) is 0 Å². The Morgan fingerprint density at radius 1 is 1.36 bits per heavy atom. The van der Waals surface area contributed by atoms with Crippen LogP contribution in [0, 0.1) is 0 Å². The molecule has 0 unspecified atom stereocenters. The van der Waals surface area contributed by atoms with Crippen LogP contribution in [0.3, 0.4) is 0 Å². The molecule has 2 rings (SSSR count). The van der Waals surface area contributed by atoms with Crippen molar-refractivity contribution in [1.82, 2.24) is 9.80 Å². The van der Waals surface area contributed by atoms with Gasteiger partial charge in [-0.2, -0.15) is 0 Å². The second-order valence-electron chi connectivity index (χ2n) is 5.08. The predicted molar refractivity (Wildman–Crippen MR) is 57.5 cm³/mol. The molecule has 0 N–H and O–H groups in total. The summed E-state index contributed by atoms with van der Waals surface area (Å²) >= 11 is 0. The minimum absolute atomic E-state index is 0.0604. The van der Waals surface area contributed by atoms with Gasteiger partial charge in [-0.15, -0.1) is 0 Å². The molecule has 0 spiro atoms. The highest BCUT2D eigenvalue weighted by atomic mass is 16.5. The molecule has 0 aliphatic carbocycles. The Bertz CT molecular complexity index is 199. The molecule has 2 saturated heterocycles. The molecule has 0 aromatic carbocycles. The predicted octanol–water partition coefficient (Wildman–Crippen LogP) is 0.801. The SMILES string of the molecule is CCN1CC(N2CCOC(C)(C)C2)C1. The summed E-state index contributed by atoms with van der Waals surface area (Å²) in [4.78, 5) is 5.09. The van der Waals surface area contributed by atoms with Crippen LogP contribution in [0.4, 0.5) is 0 Å². The maximum absolute atomic E-state index is 5.71. The molecule has 0 amide bonds. The van der Waals surface area contributed by atoms with Gasteiger partial charge in [0, 0.05) is 32.2 Å². The Morgan fingerprint density at radius 3 is 2.64 bits per heavy atom. The lowest BCUT2D eigenvalue weighted by molar-refractivity contribution is -0.114. The number of likely N-dealkylation sites (N-methyl/N-ethyl adjacent to an activating group) is 1. The minimum Gasteiger partial charge on any atom is -0.373 e. The highest BCUT2D eigenvalue weighted by molar-refractivity contribution is 4.91. The van der Waals surface area contributed by atoms with Crippen molar-refractivity contribution in [3.8, 4) is 0 Å². The first-order valence-electron chi connectivity index (χ1n) is 5.71. The summed E-state index contributed by atoms with van der Waals surface area (Å²) < 4.78 is 5.71. The first kappa shape index (κ1) is 10.4. The van der Waals surface area contributed by atoms with Crippen LogP contribution in [0.15, 0.2) is 0 Å². The smallest absolute Gasteiger partial charge is 0.0753 e. The van der Waals surface area contributed by atoms with Gasteiger partial charge in [-0.3, -0.25) is 4.90 Å². The van der Waals surface area contributed by atoms with Gasteiger partial charge in [0.1, 0.15) is 0 Å². The second kappa shape index (κ2) is 3.80. The fourth-order valence-electron chi connectivity index (χ4n) is 2.40. The van der Waals surface area contributed by atoms with E-state index in [0.717, 1.165) is 25.7 Å². The molecule has 0 radical (unpaired) electrons. The molecule has 0 atom stereocenters. The second-order valence-corrected chi connectivity index (χ2v) is 5.08. The van der Waals surface area contributed by atoms with E-state index in [1.54, 1.807) is 0 Å². The van der Waals surface area contributed by atoms with Crippen LogP contribution in [-0.4, -0.2) is 60.8 Å². The Balaban J connectivity index is 1.82. The number of nitrogens with zero attached hydrogens (tertiary/aromatic N) is 2. The quantitative estimate of drug-likeness (QED) is 0.653.